The summed E-state index contributed by atoms with van der Waals surface area (Å²) in [5.41, 5.74) is 0.619. The molecule has 0 saturated heterocycles. The number of carbonyl (C=O) groups is 1. The number of halogens is 2. The standard InChI is InChI=1S/C14H10F2O3/c1-8-7-9(14(17)18)5-6-11(8)19-12-4-2-3-10(15)13(12)16/h2-7H,1H3,(H,17,18). The molecule has 2 aromatic carbocycles. The molecular weight excluding hydrogens is 254 g/mol. The molecule has 0 bridgehead atoms. The monoisotopic (exact) mass is 264 g/mol. The lowest BCUT2D eigenvalue weighted by atomic mass is 10.1. The molecule has 0 aromatic heterocycles. The highest BCUT2D eigenvalue weighted by Gasteiger charge is 2.12. The van der Waals surface area contributed by atoms with E-state index in [1.165, 1.54) is 30.3 Å². The maximum absolute atomic E-state index is 13.4. The van der Waals surface area contributed by atoms with Gasteiger partial charge in [0, 0.05) is 0 Å². The Balaban J connectivity index is 2.34. The summed E-state index contributed by atoms with van der Waals surface area (Å²) in [4.78, 5) is 10.8. The third kappa shape index (κ3) is 2.70. The normalized spacial score (nSPS) is 10.3. The van der Waals surface area contributed by atoms with Gasteiger partial charge in [0.2, 0.25) is 5.82 Å². The zero-order valence-corrected chi connectivity index (χ0v) is 9.98. The molecule has 2 rings (SSSR count). The van der Waals surface area contributed by atoms with Gasteiger partial charge in [-0.1, -0.05) is 6.07 Å². The first-order valence-electron chi connectivity index (χ1n) is 5.45. The Morgan fingerprint density at radius 1 is 1.16 bits per heavy atom. The summed E-state index contributed by atoms with van der Waals surface area (Å²) in [6.07, 6.45) is 0. The summed E-state index contributed by atoms with van der Waals surface area (Å²) in [6, 6.07) is 7.75. The fraction of sp³-hybridized carbons (Fsp3) is 0.0714. The second-order valence-electron chi connectivity index (χ2n) is 3.94. The van der Waals surface area contributed by atoms with Crippen LogP contribution in [0.5, 0.6) is 11.5 Å². The van der Waals surface area contributed by atoms with E-state index < -0.39 is 17.6 Å². The van der Waals surface area contributed by atoms with Crippen molar-refractivity contribution in [1.29, 1.82) is 0 Å². The molecule has 19 heavy (non-hydrogen) atoms. The Morgan fingerprint density at radius 3 is 2.53 bits per heavy atom. The highest BCUT2D eigenvalue weighted by atomic mass is 19.2. The summed E-state index contributed by atoms with van der Waals surface area (Å²) in [6.45, 7) is 1.62. The van der Waals surface area contributed by atoms with E-state index in [2.05, 4.69) is 0 Å². The number of aryl methyl sites for hydroxylation is 1. The molecular formula is C14H10F2O3. The largest absolute Gasteiger partial charge is 0.478 e. The van der Waals surface area contributed by atoms with Crippen molar-refractivity contribution in [3.63, 3.8) is 0 Å². The number of rotatable bonds is 3. The molecule has 1 N–H and O–H groups in total. The van der Waals surface area contributed by atoms with Crippen molar-refractivity contribution in [1.82, 2.24) is 0 Å². The zero-order valence-electron chi connectivity index (χ0n) is 9.98. The second kappa shape index (κ2) is 5.06. The number of hydrogen-bond donors (Lipinski definition) is 1. The molecule has 2 aromatic rings. The van der Waals surface area contributed by atoms with Gasteiger partial charge in [-0.2, -0.15) is 4.39 Å². The maximum Gasteiger partial charge on any atom is 0.335 e. The van der Waals surface area contributed by atoms with E-state index in [9.17, 15) is 13.6 Å². The van der Waals surface area contributed by atoms with Gasteiger partial charge in [-0.15, -0.1) is 0 Å². The van der Waals surface area contributed by atoms with Crippen molar-refractivity contribution < 1.29 is 23.4 Å². The van der Waals surface area contributed by atoms with Crippen molar-refractivity contribution >= 4 is 5.97 Å². The summed E-state index contributed by atoms with van der Waals surface area (Å²) in [5, 5.41) is 8.82. The van der Waals surface area contributed by atoms with Crippen LogP contribution in [0.3, 0.4) is 0 Å². The first-order chi connectivity index (χ1) is 8.99. The summed E-state index contributed by atoms with van der Waals surface area (Å²) < 4.78 is 31.7. The Labute approximate surface area is 108 Å². The van der Waals surface area contributed by atoms with Crippen LogP contribution in [0.15, 0.2) is 36.4 Å². The van der Waals surface area contributed by atoms with Gasteiger partial charge in [-0.05, 0) is 42.8 Å². The van der Waals surface area contributed by atoms with E-state index in [1.54, 1.807) is 6.92 Å². The molecule has 0 aliphatic heterocycles. The van der Waals surface area contributed by atoms with Crippen molar-refractivity contribution in [3.05, 3.63) is 59.2 Å². The lowest BCUT2D eigenvalue weighted by Gasteiger charge is -2.10. The molecule has 0 atom stereocenters. The van der Waals surface area contributed by atoms with E-state index in [4.69, 9.17) is 9.84 Å². The number of benzene rings is 2. The van der Waals surface area contributed by atoms with Crippen LogP contribution in [0, 0.1) is 18.6 Å². The topological polar surface area (TPSA) is 46.5 Å². The minimum absolute atomic E-state index is 0.101. The number of ether oxygens (including phenoxy) is 1. The molecule has 0 unspecified atom stereocenters. The molecule has 0 saturated carbocycles. The number of aromatic carboxylic acids is 1. The third-order valence-electron chi connectivity index (χ3n) is 2.56. The van der Waals surface area contributed by atoms with Crippen LogP contribution < -0.4 is 4.74 Å². The molecule has 0 aliphatic carbocycles. The van der Waals surface area contributed by atoms with Crippen molar-refractivity contribution in [3.8, 4) is 11.5 Å². The average Bonchev–Trinajstić information content (AvgIpc) is 2.37. The van der Waals surface area contributed by atoms with Gasteiger partial charge in [0.25, 0.3) is 0 Å². The number of hydrogen-bond acceptors (Lipinski definition) is 2. The van der Waals surface area contributed by atoms with E-state index in [1.807, 2.05) is 0 Å². The quantitative estimate of drug-likeness (QED) is 0.918. The molecule has 0 aliphatic rings. The summed E-state index contributed by atoms with van der Waals surface area (Å²) >= 11 is 0. The fourth-order valence-electron chi connectivity index (χ4n) is 1.58. The molecule has 3 nitrogen and oxygen atoms in total. The molecule has 0 radical (unpaired) electrons. The van der Waals surface area contributed by atoms with Gasteiger partial charge in [0.15, 0.2) is 11.6 Å². The van der Waals surface area contributed by atoms with Crippen molar-refractivity contribution in [2.24, 2.45) is 0 Å². The molecule has 5 heteroatoms. The van der Waals surface area contributed by atoms with Crippen LogP contribution in [0.4, 0.5) is 8.78 Å². The lowest BCUT2D eigenvalue weighted by Crippen LogP contribution is -1.98. The molecule has 98 valence electrons. The van der Waals surface area contributed by atoms with E-state index in [0.717, 1.165) is 6.07 Å². The Morgan fingerprint density at radius 2 is 1.89 bits per heavy atom. The zero-order chi connectivity index (χ0) is 14.0. The van der Waals surface area contributed by atoms with Crippen LogP contribution in [0.25, 0.3) is 0 Å². The molecule has 0 spiro atoms. The van der Waals surface area contributed by atoms with Gasteiger partial charge in [0.05, 0.1) is 5.56 Å². The maximum atomic E-state index is 13.4. The lowest BCUT2D eigenvalue weighted by molar-refractivity contribution is 0.0696. The predicted octanol–water partition coefficient (Wildman–Crippen LogP) is 3.76. The fourth-order valence-corrected chi connectivity index (χ4v) is 1.58. The number of carboxylic acids is 1. The minimum Gasteiger partial charge on any atom is -0.478 e. The Bertz CT molecular complexity index is 639. The first-order valence-corrected chi connectivity index (χ1v) is 5.45. The van der Waals surface area contributed by atoms with Gasteiger partial charge >= 0.3 is 5.97 Å². The predicted molar refractivity (Wildman–Crippen MR) is 64.6 cm³/mol. The Hall–Kier alpha value is -2.43. The molecule has 0 heterocycles. The van der Waals surface area contributed by atoms with Crippen LogP contribution in [0.1, 0.15) is 15.9 Å². The van der Waals surface area contributed by atoms with Gasteiger partial charge in [-0.25, -0.2) is 9.18 Å². The Kier molecular flexibility index (Phi) is 3.46. The molecule has 0 amide bonds. The second-order valence-corrected chi connectivity index (χ2v) is 3.94. The van der Waals surface area contributed by atoms with E-state index in [0.29, 0.717) is 5.56 Å². The van der Waals surface area contributed by atoms with E-state index in [-0.39, 0.29) is 17.1 Å². The third-order valence-corrected chi connectivity index (χ3v) is 2.56. The minimum atomic E-state index is -1.08. The molecule has 0 fully saturated rings. The highest BCUT2D eigenvalue weighted by molar-refractivity contribution is 5.88. The highest BCUT2D eigenvalue weighted by Crippen LogP contribution is 2.28. The summed E-state index contributed by atoms with van der Waals surface area (Å²) in [5.74, 6) is -3.12. The van der Waals surface area contributed by atoms with Gasteiger partial charge in [-0.3, -0.25) is 0 Å². The smallest absolute Gasteiger partial charge is 0.335 e. The van der Waals surface area contributed by atoms with Crippen LogP contribution in [0.2, 0.25) is 0 Å². The van der Waals surface area contributed by atoms with Crippen molar-refractivity contribution in [2.45, 2.75) is 6.92 Å². The van der Waals surface area contributed by atoms with Crippen LogP contribution in [-0.4, -0.2) is 11.1 Å². The van der Waals surface area contributed by atoms with Gasteiger partial charge in [0.1, 0.15) is 5.75 Å². The first kappa shape index (κ1) is 13.0. The van der Waals surface area contributed by atoms with Crippen LogP contribution in [-0.2, 0) is 0 Å². The van der Waals surface area contributed by atoms with E-state index >= 15 is 0 Å². The van der Waals surface area contributed by atoms with Crippen LogP contribution >= 0.6 is 0 Å². The SMILES string of the molecule is Cc1cc(C(=O)O)ccc1Oc1cccc(F)c1F. The van der Waals surface area contributed by atoms with Gasteiger partial charge < -0.3 is 9.84 Å². The summed E-state index contributed by atoms with van der Waals surface area (Å²) in [7, 11) is 0. The average molecular weight is 264 g/mol. The van der Waals surface area contributed by atoms with Crippen molar-refractivity contribution in [2.75, 3.05) is 0 Å². The number of carboxylic acid groups (broad SMARTS) is 1.